The average Bonchev–Trinajstić information content (AvgIpc) is 0. The van der Waals surface area contributed by atoms with Gasteiger partial charge in [-0.25, -0.2) is 0 Å². The first-order chi connectivity index (χ1) is 0. The van der Waals surface area contributed by atoms with Gasteiger partial charge in [-0.2, -0.15) is 0 Å². The van der Waals surface area contributed by atoms with Gasteiger partial charge in [0.25, 0.3) is 0 Å². The van der Waals surface area contributed by atoms with E-state index in [9.17, 15) is 0 Å². The van der Waals surface area contributed by atoms with Crippen LogP contribution in [0.2, 0.25) is 0 Å². The molecule has 4 nitrogen and oxygen atoms in total. The topological polar surface area (TPSA) is 128 Å². The van der Waals surface area contributed by atoms with Crippen LogP contribution in [0.1, 0.15) is 0 Å². The Bertz CT molecular complexity index is 6.85. The third-order valence-corrected chi connectivity index (χ3v) is 0. The van der Waals surface area contributed by atoms with Gasteiger partial charge in [-0.15, -0.1) is 0 Å². The maximum absolute atomic E-state index is 0. The molecule has 0 bridgehead atoms. The summed E-state index contributed by atoms with van der Waals surface area (Å²) in [5, 5.41) is 0. The van der Waals surface area contributed by atoms with Crippen molar-refractivity contribution < 1.29 is 46.0 Å². The van der Waals surface area contributed by atoms with Crippen LogP contribution in [-0.4, -0.2) is 16.4 Å². The van der Waals surface area contributed by atoms with Crippen LogP contribution in [0.4, 0.5) is 0 Å². The van der Waals surface area contributed by atoms with Gasteiger partial charge in [0.2, 0.25) is 0 Å². The number of nitrogens with two attached hydrogens (primary N) is 1. The summed E-state index contributed by atoms with van der Waals surface area (Å²) >= 11 is 0. The molecule has 5 heavy (non-hydrogen) atoms. The summed E-state index contributed by atoms with van der Waals surface area (Å²) in [6.45, 7) is 0. The Labute approximate surface area is 52.4 Å². The van der Waals surface area contributed by atoms with E-state index in [2.05, 4.69) is 0 Å². The van der Waals surface area contributed by atoms with Gasteiger partial charge >= 0.3 is 29.6 Å². The molecule has 0 radical (unpaired) electrons. The summed E-state index contributed by atoms with van der Waals surface area (Å²) in [5.74, 6) is 0. The molecule has 0 aliphatic carbocycles. The quantitative estimate of drug-likeness (QED) is 0.266. The Hall–Kier alpha value is 0.840. The molecule has 0 aromatic rings. The molecule has 0 atom stereocenters. The maximum Gasteiger partial charge on any atom is 1.00 e. The van der Waals surface area contributed by atoms with Crippen molar-refractivity contribution in [2.45, 2.75) is 0 Å². The van der Waals surface area contributed by atoms with Gasteiger partial charge < -0.3 is 22.6 Å². The Morgan fingerprint density at radius 3 is 0.600 bits per heavy atom. The molecule has 0 heterocycles. The molecule has 0 saturated carbocycles. The average molecular weight is 93.1 g/mol. The van der Waals surface area contributed by atoms with Gasteiger partial charge in [-0.05, 0) is 0 Å². The van der Waals surface area contributed by atoms with Crippen LogP contribution in [0.25, 0.3) is 6.15 Å². The molecular weight excluding hydrogens is 85.0 g/mol. The molecule has 0 fully saturated rings. The largest absolute Gasteiger partial charge is 1.00 e. The monoisotopic (exact) mass is 93.0 g/mol. The van der Waals surface area contributed by atoms with E-state index in [1.165, 1.54) is 0 Å². The van der Waals surface area contributed by atoms with Gasteiger partial charge in [-0.1, -0.05) is 0 Å². The fraction of sp³-hybridized carbons (Fsp3) is 0. The number of hydrogen-bond acceptors (Lipinski definition) is 0. The van der Waals surface area contributed by atoms with Gasteiger partial charge in [0.15, 0.2) is 0 Å². The molecule has 0 spiro atoms. The zero-order chi connectivity index (χ0) is 0. The molecule has 0 rings (SSSR count). The first-order valence-electron chi connectivity index (χ1n) is 0. The Balaban J connectivity index is 0. The zero-order valence-electron chi connectivity index (χ0n) is 3.08. The second-order valence-corrected chi connectivity index (χ2v) is 0. The predicted molar refractivity (Wildman–Crippen MR) is 16.1 cm³/mol. The van der Waals surface area contributed by atoms with E-state index in [-0.39, 0.29) is 52.1 Å². The Kier molecular flexibility index (Phi) is 3920. The minimum Gasteiger partial charge on any atom is -0.693 e. The van der Waals surface area contributed by atoms with E-state index in [0.717, 1.165) is 0 Å². The minimum absolute atomic E-state index is 0. The molecule has 0 aliphatic rings. The summed E-state index contributed by atoms with van der Waals surface area (Å²) in [6.07, 6.45) is 0. The summed E-state index contributed by atoms with van der Waals surface area (Å²) in [7, 11) is 0. The second kappa shape index (κ2) is 101. The maximum atomic E-state index is 0. The van der Waals surface area contributed by atoms with Crippen molar-refractivity contribution in [3.63, 3.8) is 0 Å². The zero-order valence-corrected chi connectivity index (χ0v) is 5.08. The third-order valence-electron chi connectivity index (χ3n) is 0. The third kappa shape index (κ3) is 55.3. The summed E-state index contributed by atoms with van der Waals surface area (Å²) in [4.78, 5) is 0. The van der Waals surface area contributed by atoms with Crippen molar-refractivity contribution >= 4 is 0 Å². The van der Waals surface area contributed by atoms with Crippen molar-refractivity contribution in [1.29, 1.82) is 0 Å². The molecule has 0 aromatic carbocycles. The van der Waals surface area contributed by atoms with Crippen LogP contribution < -0.4 is 29.6 Å². The van der Waals surface area contributed by atoms with E-state index < -0.39 is 0 Å². The van der Waals surface area contributed by atoms with Gasteiger partial charge in [0.05, 0.1) is 0 Å². The standard InChI is InChI=1S/H2N.Na.3H2O/h1H2;;3*1H2/q-1;+1;;;. The van der Waals surface area contributed by atoms with Gasteiger partial charge in [-0.3, -0.25) is 0 Å². The van der Waals surface area contributed by atoms with Gasteiger partial charge in [0.1, 0.15) is 0 Å². The number of rotatable bonds is 0. The first kappa shape index (κ1) is 194. The van der Waals surface area contributed by atoms with Crippen molar-refractivity contribution in [1.82, 2.24) is 0 Å². The summed E-state index contributed by atoms with van der Waals surface area (Å²) in [5.41, 5.74) is 0. The SMILES string of the molecule is O.O.O.[NH2-].[Na+]. The molecule has 0 aromatic heterocycles. The molecule has 32 valence electrons. The van der Waals surface area contributed by atoms with Crippen LogP contribution in [0, 0.1) is 0 Å². The van der Waals surface area contributed by atoms with Crippen molar-refractivity contribution in [2.24, 2.45) is 0 Å². The molecule has 0 aliphatic heterocycles. The molecule has 0 saturated heterocycles. The van der Waals surface area contributed by atoms with E-state index in [1.807, 2.05) is 0 Å². The van der Waals surface area contributed by atoms with Crippen molar-refractivity contribution in [3.05, 3.63) is 6.15 Å². The number of hydrogen-bond donors (Lipinski definition) is 0. The summed E-state index contributed by atoms with van der Waals surface area (Å²) in [6, 6.07) is 0. The molecule has 0 amide bonds. The summed E-state index contributed by atoms with van der Waals surface area (Å²) < 4.78 is 0. The molecule has 5 heteroatoms. The van der Waals surface area contributed by atoms with Crippen LogP contribution in [0.15, 0.2) is 0 Å². The fourth-order valence-electron chi connectivity index (χ4n) is 0. The Morgan fingerprint density at radius 1 is 0.600 bits per heavy atom. The predicted octanol–water partition coefficient (Wildman–Crippen LogP) is -4.75. The molecule has 8 N–H and O–H groups in total. The molecular formula is H8NNaO3. The van der Waals surface area contributed by atoms with Crippen molar-refractivity contribution in [3.8, 4) is 0 Å². The van der Waals surface area contributed by atoms with E-state index in [4.69, 9.17) is 0 Å². The van der Waals surface area contributed by atoms with Crippen LogP contribution in [0.3, 0.4) is 0 Å². The van der Waals surface area contributed by atoms with Gasteiger partial charge in [0, 0.05) is 0 Å². The van der Waals surface area contributed by atoms with E-state index in [1.54, 1.807) is 0 Å². The van der Waals surface area contributed by atoms with Crippen LogP contribution in [0.5, 0.6) is 0 Å². The fourth-order valence-corrected chi connectivity index (χ4v) is 0. The molecule has 0 unspecified atom stereocenters. The normalized spacial score (nSPS) is 0. The van der Waals surface area contributed by atoms with Crippen LogP contribution in [-0.2, 0) is 0 Å². The van der Waals surface area contributed by atoms with Crippen LogP contribution >= 0.6 is 0 Å². The van der Waals surface area contributed by atoms with E-state index in [0.29, 0.717) is 0 Å². The minimum atomic E-state index is 0. The smallest absolute Gasteiger partial charge is 0.693 e. The van der Waals surface area contributed by atoms with Crippen molar-refractivity contribution in [2.75, 3.05) is 0 Å². The first-order valence-corrected chi connectivity index (χ1v) is 0. The Morgan fingerprint density at radius 2 is 0.600 bits per heavy atom. The van der Waals surface area contributed by atoms with E-state index >= 15 is 0 Å². The second-order valence-electron chi connectivity index (χ2n) is 0.